The number of halogens is 2. The lowest BCUT2D eigenvalue weighted by Crippen LogP contribution is -2.38. The standard InChI is InChI=1S/C28H34Cl2N2O4/c1-6-31(7-2)12-13-32-25(19-8-11-22(29)23(30)15-19)24(27(34)28(32)35)26(33)21-10-9-20(14-18(21)5)36-16-17(3)4/h8-11,14-15,17,25,33H,6-7,12-13,16H2,1-5H3/b26-24+/t25-/m0/s1. The van der Waals surface area contributed by atoms with Gasteiger partial charge < -0.3 is 19.6 Å². The number of carbonyl (C=O) groups is 2. The molecule has 1 atom stereocenters. The molecule has 6 nitrogen and oxygen atoms in total. The van der Waals surface area contributed by atoms with Crippen LogP contribution < -0.4 is 4.74 Å². The first-order valence-electron chi connectivity index (χ1n) is 12.3. The van der Waals surface area contributed by atoms with Gasteiger partial charge in [-0.2, -0.15) is 0 Å². The monoisotopic (exact) mass is 532 g/mol. The molecule has 194 valence electrons. The highest BCUT2D eigenvalue weighted by Crippen LogP contribution is 2.41. The van der Waals surface area contributed by atoms with Gasteiger partial charge in [0.2, 0.25) is 0 Å². The zero-order valence-corrected chi connectivity index (χ0v) is 23.0. The maximum absolute atomic E-state index is 13.3. The molecule has 0 bridgehead atoms. The summed E-state index contributed by atoms with van der Waals surface area (Å²) in [5.41, 5.74) is 1.85. The van der Waals surface area contributed by atoms with E-state index in [-0.39, 0.29) is 11.3 Å². The number of Topliss-reactive ketones (excluding diaryl/α,β-unsaturated/α-hetero) is 1. The topological polar surface area (TPSA) is 70.1 Å². The Morgan fingerprint density at radius 1 is 1.08 bits per heavy atom. The second-order valence-electron chi connectivity index (χ2n) is 9.37. The molecule has 0 aromatic heterocycles. The first-order chi connectivity index (χ1) is 17.1. The van der Waals surface area contributed by atoms with E-state index in [4.69, 9.17) is 27.9 Å². The molecule has 3 rings (SSSR count). The molecule has 0 saturated carbocycles. The molecular weight excluding hydrogens is 499 g/mol. The Hall–Kier alpha value is -2.54. The molecule has 1 N–H and O–H groups in total. The van der Waals surface area contributed by atoms with Crippen molar-refractivity contribution in [3.63, 3.8) is 0 Å². The molecule has 8 heteroatoms. The maximum Gasteiger partial charge on any atom is 0.295 e. The van der Waals surface area contributed by atoms with Gasteiger partial charge >= 0.3 is 0 Å². The van der Waals surface area contributed by atoms with Gasteiger partial charge in [0.25, 0.3) is 11.7 Å². The second-order valence-corrected chi connectivity index (χ2v) is 10.2. The van der Waals surface area contributed by atoms with E-state index in [1.54, 1.807) is 30.3 Å². The van der Waals surface area contributed by atoms with Crippen molar-refractivity contribution in [2.24, 2.45) is 5.92 Å². The first-order valence-corrected chi connectivity index (χ1v) is 13.0. The zero-order valence-electron chi connectivity index (χ0n) is 21.5. The van der Waals surface area contributed by atoms with Crippen LogP contribution in [0.5, 0.6) is 5.75 Å². The molecule has 2 aromatic carbocycles. The Morgan fingerprint density at radius 2 is 1.78 bits per heavy atom. The van der Waals surface area contributed by atoms with E-state index in [1.807, 2.05) is 26.8 Å². The summed E-state index contributed by atoms with van der Waals surface area (Å²) in [5, 5.41) is 12.1. The molecule has 1 saturated heterocycles. The number of amides is 1. The Balaban J connectivity index is 2.09. The smallest absolute Gasteiger partial charge is 0.295 e. The van der Waals surface area contributed by atoms with Crippen molar-refractivity contribution >= 4 is 40.7 Å². The third-order valence-electron chi connectivity index (χ3n) is 6.39. The minimum absolute atomic E-state index is 0.0388. The number of likely N-dealkylation sites (tertiary alicyclic amines) is 1. The number of aryl methyl sites for hydroxylation is 1. The summed E-state index contributed by atoms with van der Waals surface area (Å²) in [6, 6.07) is 9.53. The normalized spacial score (nSPS) is 17.5. The molecule has 0 radical (unpaired) electrons. The zero-order chi connectivity index (χ0) is 26.6. The highest BCUT2D eigenvalue weighted by Gasteiger charge is 2.46. The number of ketones is 1. The van der Waals surface area contributed by atoms with E-state index in [9.17, 15) is 14.7 Å². The number of hydrogen-bond acceptors (Lipinski definition) is 5. The van der Waals surface area contributed by atoms with Gasteiger partial charge in [-0.15, -0.1) is 0 Å². The maximum atomic E-state index is 13.3. The lowest BCUT2D eigenvalue weighted by atomic mass is 9.94. The van der Waals surface area contributed by atoms with Gasteiger partial charge in [0.15, 0.2) is 0 Å². The fourth-order valence-electron chi connectivity index (χ4n) is 4.33. The van der Waals surface area contributed by atoms with Crippen molar-refractivity contribution in [3.05, 3.63) is 68.7 Å². The summed E-state index contributed by atoms with van der Waals surface area (Å²) in [6.45, 7) is 13.2. The van der Waals surface area contributed by atoms with Crippen molar-refractivity contribution in [2.75, 3.05) is 32.8 Å². The van der Waals surface area contributed by atoms with Crippen molar-refractivity contribution < 1.29 is 19.4 Å². The number of ether oxygens (including phenoxy) is 1. The van der Waals surface area contributed by atoms with Crippen LogP contribution in [-0.2, 0) is 9.59 Å². The number of rotatable bonds is 10. The van der Waals surface area contributed by atoms with Gasteiger partial charge in [-0.3, -0.25) is 9.59 Å². The number of carbonyl (C=O) groups excluding carboxylic acids is 2. The molecule has 1 heterocycles. The number of hydrogen-bond donors (Lipinski definition) is 1. The summed E-state index contributed by atoms with van der Waals surface area (Å²) >= 11 is 12.4. The van der Waals surface area contributed by atoms with Crippen LogP contribution in [0.3, 0.4) is 0 Å². The average molecular weight is 533 g/mol. The average Bonchev–Trinajstić information content (AvgIpc) is 3.09. The molecule has 1 fully saturated rings. The number of likely N-dealkylation sites (N-methyl/N-ethyl adjacent to an activating group) is 1. The quantitative estimate of drug-likeness (QED) is 0.227. The van der Waals surface area contributed by atoms with Crippen molar-refractivity contribution in [3.8, 4) is 5.75 Å². The lowest BCUT2D eigenvalue weighted by molar-refractivity contribution is -0.140. The summed E-state index contributed by atoms with van der Waals surface area (Å²) in [5.74, 6) is -0.532. The number of aliphatic hydroxyl groups excluding tert-OH is 1. The Morgan fingerprint density at radius 3 is 2.36 bits per heavy atom. The predicted molar refractivity (Wildman–Crippen MR) is 145 cm³/mol. The molecule has 1 amide bonds. The van der Waals surface area contributed by atoms with Gasteiger partial charge in [-0.05, 0) is 67.4 Å². The fourth-order valence-corrected chi connectivity index (χ4v) is 4.63. The summed E-state index contributed by atoms with van der Waals surface area (Å²) in [6.07, 6.45) is 0. The number of nitrogens with zero attached hydrogens (tertiary/aromatic N) is 2. The van der Waals surface area contributed by atoms with Crippen LogP contribution in [-0.4, -0.2) is 59.4 Å². The van der Waals surface area contributed by atoms with E-state index in [0.29, 0.717) is 52.5 Å². The van der Waals surface area contributed by atoms with Crippen molar-refractivity contribution in [1.29, 1.82) is 0 Å². The number of aliphatic hydroxyl groups is 1. The molecule has 0 unspecified atom stereocenters. The number of benzene rings is 2. The van der Waals surface area contributed by atoms with Crippen molar-refractivity contribution in [2.45, 2.75) is 40.7 Å². The van der Waals surface area contributed by atoms with Gasteiger partial charge in [0, 0.05) is 18.7 Å². The third kappa shape index (κ3) is 6.05. The van der Waals surface area contributed by atoms with Crippen LogP contribution in [0.25, 0.3) is 5.76 Å². The molecule has 2 aromatic rings. The molecule has 0 spiro atoms. The van der Waals surface area contributed by atoms with Gasteiger partial charge in [0.1, 0.15) is 11.5 Å². The third-order valence-corrected chi connectivity index (χ3v) is 7.13. The summed E-state index contributed by atoms with van der Waals surface area (Å²) < 4.78 is 5.80. The minimum Gasteiger partial charge on any atom is -0.507 e. The van der Waals surface area contributed by atoms with Gasteiger partial charge in [-0.1, -0.05) is 57.0 Å². The second kappa shape index (κ2) is 12.1. The molecule has 0 aliphatic carbocycles. The van der Waals surface area contributed by atoms with E-state index in [1.165, 1.54) is 4.90 Å². The van der Waals surface area contributed by atoms with E-state index >= 15 is 0 Å². The largest absolute Gasteiger partial charge is 0.507 e. The highest BCUT2D eigenvalue weighted by molar-refractivity contribution is 6.47. The lowest BCUT2D eigenvalue weighted by Gasteiger charge is -2.28. The highest BCUT2D eigenvalue weighted by atomic mass is 35.5. The fraction of sp³-hybridized carbons (Fsp3) is 0.429. The molecule has 36 heavy (non-hydrogen) atoms. The molecule has 1 aliphatic heterocycles. The minimum atomic E-state index is -0.786. The summed E-state index contributed by atoms with van der Waals surface area (Å²) in [7, 11) is 0. The van der Waals surface area contributed by atoms with E-state index < -0.39 is 17.7 Å². The van der Waals surface area contributed by atoms with Crippen LogP contribution >= 0.6 is 23.2 Å². The van der Waals surface area contributed by atoms with Gasteiger partial charge in [0.05, 0.1) is 28.3 Å². The van der Waals surface area contributed by atoms with E-state index in [2.05, 4.69) is 18.7 Å². The Bertz CT molecular complexity index is 1160. The van der Waals surface area contributed by atoms with Crippen LogP contribution in [0.15, 0.2) is 42.0 Å². The van der Waals surface area contributed by atoms with Crippen LogP contribution in [0.1, 0.15) is 50.4 Å². The first kappa shape index (κ1) is 28.0. The van der Waals surface area contributed by atoms with E-state index in [0.717, 1.165) is 18.7 Å². The predicted octanol–water partition coefficient (Wildman–Crippen LogP) is 6.10. The van der Waals surface area contributed by atoms with Crippen LogP contribution in [0.2, 0.25) is 10.0 Å². The van der Waals surface area contributed by atoms with Crippen LogP contribution in [0.4, 0.5) is 0 Å². The molecular formula is C28H34Cl2N2O4. The van der Waals surface area contributed by atoms with Gasteiger partial charge in [-0.25, -0.2) is 0 Å². The molecule has 1 aliphatic rings. The Kier molecular flexibility index (Phi) is 9.45. The SMILES string of the molecule is CCN(CC)CCN1C(=O)C(=O)/C(=C(/O)c2ccc(OCC(C)C)cc2C)[C@@H]1c1ccc(Cl)c(Cl)c1. The van der Waals surface area contributed by atoms with Crippen LogP contribution in [0, 0.1) is 12.8 Å². The van der Waals surface area contributed by atoms with Crippen molar-refractivity contribution in [1.82, 2.24) is 9.80 Å². The Labute approximate surface area is 223 Å². The summed E-state index contributed by atoms with van der Waals surface area (Å²) in [4.78, 5) is 30.2.